The number of anilines is 1. The van der Waals surface area contributed by atoms with Crippen LogP contribution in [0.25, 0.3) is 16.9 Å². The molecule has 2 heterocycles. The van der Waals surface area contributed by atoms with E-state index < -0.39 is 58.2 Å². The van der Waals surface area contributed by atoms with Crippen LogP contribution in [0.1, 0.15) is 13.3 Å². The molecule has 0 amide bonds. The zero-order chi connectivity index (χ0) is 19.9. The number of hydrogen-bond donors (Lipinski definition) is 1. The van der Waals surface area contributed by atoms with Crippen molar-refractivity contribution in [2.45, 2.75) is 25.6 Å². The Bertz CT molecular complexity index is 979. The van der Waals surface area contributed by atoms with Gasteiger partial charge in [0.25, 0.3) is 5.78 Å². The third-order valence-electron chi connectivity index (χ3n) is 3.75. The largest absolute Gasteiger partial charge is 0.408 e. The molecule has 0 spiro atoms. The van der Waals surface area contributed by atoms with Crippen molar-refractivity contribution >= 4 is 23.2 Å². The molecule has 0 aliphatic carbocycles. The molecule has 0 radical (unpaired) electrons. The molecule has 0 aliphatic heterocycles. The molecule has 0 bridgehead atoms. The van der Waals surface area contributed by atoms with Crippen LogP contribution < -0.4 is 5.32 Å². The van der Waals surface area contributed by atoms with E-state index in [2.05, 4.69) is 20.4 Å². The lowest BCUT2D eigenvalue weighted by Crippen LogP contribution is -2.36. The van der Waals surface area contributed by atoms with Gasteiger partial charge >= 0.3 is 6.18 Å². The van der Waals surface area contributed by atoms with Crippen molar-refractivity contribution in [1.29, 1.82) is 0 Å². The van der Waals surface area contributed by atoms with Gasteiger partial charge in [0, 0.05) is 12.1 Å². The molecule has 3 rings (SSSR count). The van der Waals surface area contributed by atoms with Crippen LogP contribution in [0.5, 0.6) is 0 Å². The molecular weight excluding hydrogens is 400 g/mol. The number of halogens is 7. The fraction of sp³-hybridized carbons (Fsp3) is 0.267. The fourth-order valence-corrected chi connectivity index (χ4v) is 2.79. The van der Waals surface area contributed by atoms with E-state index in [9.17, 15) is 26.3 Å². The van der Waals surface area contributed by atoms with Crippen molar-refractivity contribution in [2.75, 3.05) is 5.32 Å². The fourth-order valence-electron chi connectivity index (χ4n) is 2.53. The minimum atomic E-state index is -4.67. The number of fused-ring (bicyclic) bond motifs is 1. The van der Waals surface area contributed by atoms with Crippen LogP contribution in [0.2, 0.25) is 5.15 Å². The average molecular weight is 410 g/mol. The van der Waals surface area contributed by atoms with E-state index in [0.717, 1.165) is 10.8 Å². The molecule has 1 atom stereocenters. The Morgan fingerprint density at radius 3 is 2.33 bits per heavy atom. The van der Waals surface area contributed by atoms with Crippen molar-refractivity contribution in [3.63, 3.8) is 0 Å². The predicted molar refractivity (Wildman–Crippen MR) is 84.9 cm³/mol. The number of nitrogens with zero attached hydrogens (tertiary/aromatic N) is 4. The van der Waals surface area contributed by atoms with E-state index in [1.54, 1.807) is 0 Å². The molecule has 3 aromatic rings. The second-order valence-electron chi connectivity index (χ2n) is 5.49. The van der Waals surface area contributed by atoms with Crippen molar-refractivity contribution in [3.05, 3.63) is 41.1 Å². The third kappa shape index (κ3) is 3.51. The zero-order valence-corrected chi connectivity index (χ0v) is 14.2. The van der Waals surface area contributed by atoms with Gasteiger partial charge in [0.05, 0.1) is 11.1 Å². The molecule has 1 unspecified atom stereocenters. The van der Waals surface area contributed by atoms with E-state index in [1.165, 1.54) is 6.92 Å². The van der Waals surface area contributed by atoms with Crippen LogP contribution in [0.4, 0.5) is 32.2 Å². The highest BCUT2D eigenvalue weighted by Crippen LogP contribution is 2.39. The molecule has 0 aliphatic rings. The van der Waals surface area contributed by atoms with Gasteiger partial charge in [-0.1, -0.05) is 18.5 Å². The Kier molecular flexibility index (Phi) is 4.89. The number of aromatic nitrogens is 4. The summed E-state index contributed by atoms with van der Waals surface area (Å²) in [5.74, 6) is -4.59. The van der Waals surface area contributed by atoms with Gasteiger partial charge < -0.3 is 5.32 Å². The summed E-state index contributed by atoms with van der Waals surface area (Å²) in [5.41, 5.74) is -1.38. The lowest BCUT2D eigenvalue weighted by atomic mass is 10.1. The summed E-state index contributed by atoms with van der Waals surface area (Å²) < 4.78 is 82.3. The van der Waals surface area contributed by atoms with Gasteiger partial charge in [0.15, 0.2) is 0 Å². The summed E-state index contributed by atoms with van der Waals surface area (Å²) >= 11 is 5.98. The van der Waals surface area contributed by atoms with Crippen molar-refractivity contribution in [1.82, 2.24) is 19.6 Å². The summed E-state index contributed by atoms with van der Waals surface area (Å²) in [7, 11) is 0. The molecule has 0 fully saturated rings. The van der Waals surface area contributed by atoms with Crippen molar-refractivity contribution < 1.29 is 26.3 Å². The van der Waals surface area contributed by atoms with E-state index in [0.29, 0.717) is 12.1 Å². The lowest BCUT2D eigenvalue weighted by Gasteiger charge is -2.23. The first-order valence-corrected chi connectivity index (χ1v) is 7.88. The van der Waals surface area contributed by atoms with E-state index >= 15 is 0 Å². The molecule has 27 heavy (non-hydrogen) atoms. The quantitative estimate of drug-likeness (QED) is 0.505. The number of alkyl halides is 3. The van der Waals surface area contributed by atoms with Crippen LogP contribution in [-0.4, -0.2) is 31.8 Å². The third-order valence-corrected chi connectivity index (χ3v) is 4.03. The summed E-state index contributed by atoms with van der Waals surface area (Å²) in [6.45, 7) is 1.27. The molecule has 1 aromatic carbocycles. The van der Waals surface area contributed by atoms with Gasteiger partial charge in [-0.3, -0.25) is 0 Å². The number of hydrogen-bond acceptors (Lipinski definition) is 4. The first kappa shape index (κ1) is 19.2. The molecule has 5 nitrogen and oxygen atoms in total. The second-order valence-corrected chi connectivity index (χ2v) is 5.85. The maximum Gasteiger partial charge on any atom is 0.408 e. The van der Waals surface area contributed by atoms with Gasteiger partial charge in [-0.15, -0.1) is 0 Å². The number of benzene rings is 1. The normalized spacial score (nSPS) is 13.2. The van der Waals surface area contributed by atoms with Crippen LogP contribution >= 0.6 is 11.6 Å². The lowest BCUT2D eigenvalue weighted by molar-refractivity contribution is -0.142. The highest BCUT2D eigenvalue weighted by atomic mass is 35.5. The first-order valence-electron chi connectivity index (χ1n) is 7.50. The minimum absolute atomic E-state index is 0.189. The van der Waals surface area contributed by atoms with Crippen LogP contribution in [0, 0.1) is 17.5 Å². The molecule has 2 aromatic heterocycles. The maximum absolute atomic E-state index is 14.3. The molecular formula is C15H10ClF6N5. The maximum atomic E-state index is 14.3. The smallest absolute Gasteiger partial charge is 0.358 e. The summed E-state index contributed by atoms with van der Waals surface area (Å²) in [6.07, 6.45) is -4.08. The SMILES string of the molecule is CCC(Nc1c(-c2c(F)cc(F)cc2F)c(Cl)nc2ncnn12)C(F)(F)F. The topological polar surface area (TPSA) is 55.1 Å². The molecule has 0 saturated carbocycles. The standard InChI is InChI=1S/C15H10ClF6N5/c1-2-9(15(20,21)22)25-13-11(10-7(18)3-6(17)4-8(10)19)12(16)26-14-23-5-24-27(13)14/h3-5,9,25H,2H2,1H3. The number of rotatable bonds is 4. The molecule has 1 N–H and O–H groups in total. The Hall–Kier alpha value is -2.56. The van der Waals surface area contributed by atoms with Gasteiger partial charge in [0.2, 0.25) is 0 Å². The Morgan fingerprint density at radius 2 is 1.78 bits per heavy atom. The molecule has 0 saturated heterocycles. The van der Waals surface area contributed by atoms with Gasteiger partial charge in [-0.2, -0.15) is 32.8 Å². The monoisotopic (exact) mass is 409 g/mol. The first-order chi connectivity index (χ1) is 12.6. The number of nitrogens with one attached hydrogen (secondary N) is 1. The average Bonchev–Trinajstić information content (AvgIpc) is 2.99. The Labute approximate surface area is 153 Å². The Morgan fingerprint density at radius 1 is 1.15 bits per heavy atom. The zero-order valence-electron chi connectivity index (χ0n) is 13.5. The molecule has 12 heteroatoms. The van der Waals surface area contributed by atoms with E-state index in [4.69, 9.17) is 11.6 Å². The highest BCUT2D eigenvalue weighted by molar-refractivity contribution is 6.33. The van der Waals surface area contributed by atoms with E-state index in [-0.39, 0.29) is 5.78 Å². The summed E-state index contributed by atoms with van der Waals surface area (Å²) in [6, 6.07) is -1.32. The van der Waals surface area contributed by atoms with E-state index in [1.807, 2.05) is 0 Å². The minimum Gasteiger partial charge on any atom is -0.358 e. The highest BCUT2D eigenvalue weighted by Gasteiger charge is 2.39. The van der Waals surface area contributed by atoms with Gasteiger partial charge in [-0.05, 0) is 6.42 Å². The summed E-state index contributed by atoms with van der Waals surface area (Å²) in [4.78, 5) is 7.50. The van der Waals surface area contributed by atoms with Crippen molar-refractivity contribution in [2.24, 2.45) is 0 Å². The van der Waals surface area contributed by atoms with Crippen molar-refractivity contribution in [3.8, 4) is 11.1 Å². The molecule has 144 valence electrons. The van der Waals surface area contributed by atoms with Crippen LogP contribution in [0.15, 0.2) is 18.5 Å². The predicted octanol–water partition coefficient (Wildman–Crippen LogP) is 4.61. The Balaban J connectivity index is 2.32. The van der Waals surface area contributed by atoms with Crippen LogP contribution in [-0.2, 0) is 0 Å². The second kappa shape index (κ2) is 6.87. The van der Waals surface area contributed by atoms with Crippen LogP contribution in [0.3, 0.4) is 0 Å². The van der Waals surface area contributed by atoms with Gasteiger partial charge in [0.1, 0.15) is 40.8 Å². The van der Waals surface area contributed by atoms with Gasteiger partial charge in [-0.25, -0.2) is 13.2 Å². The summed E-state index contributed by atoms with van der Waals surface area (Å²) in [5, 5.41) is 5.36.